The summed E-state index contributed by atoms with van der Waals surface area (Å²) in [7, 11) is 0. The van der Waals surface area contributed by atoms with Crippen molar-refractivity contribution in [3.8, 4) is 11.4 Å². The second-order valence-electron chi connectivity index (χ2n) is 9.73. The van der Waals surface area contributed by atoms with Crippen LogP contribution in [0.15, 0.2) is 30.6 Å². The molecule has 5 nitrogen and oxygen atoms in total. The first-order valence-electron chi connectivity index (χ1n) is 11.6. The van der Waals surface area contributed by atoms with E-state index in [9.17, 15) is 8.78 Å². The molecule has 0 saturated heterocycles. The van der Waals surface area contributed by atoms with Crippen LogP contribution in [0.3, 0.4) is 0 Å². The molecule has 166 valence electrons. The normalized spacial score (nSPS) is 23.0. The molecule has 0 spiro atoms. The number of aromatic amines is 1. The number of nitrogens with zero attached hydrogens (tertiary/aromatic N) is 3. The Morgan fingerprint density at radius 3 is 2.62 bits per heavy atom. The number of fused-ring (bicyclic) bond motifs is 5. The van der Waals surface area contributed by atoms with Crippen LogP contribution in [0.4, 0.5) is 14.6 Å². The van der Waals surface area contributed by atoms with Crippen LogP contribution in [-0.4, -0.2) is 25.6 Å². The van der Waals surface area contributed by atoms with Gasteiger partial charge in [0.15, 0.2) is 5.82 Å². The maximum atomic E-state index is 14.3. The Morgan fingerprint density at radius 2 is 1.91 bits per heavy atom. The van der Waals surface area contributed by atoms with Crippen LogP contribution >= 0.6 is 0 Å². The van der Waals surface area contributed by atoms with Gasteiger partial charge in [-0.2, -0.15) is 0 Å². The summed E-state index contributed by atoms with van der Waals surface area (Å²) in [5.41, 5.74) is 1.70. The van der Waals surface area contributed by atoms with Crippen LogP contribution in [-0.2, 0) is 0 Å². The molecule has 1 atom stereocenters. The molecular weight excluding hydrogens is 408 g/mol. The van der Waals surface area contributed by atoms with Crippen molar-refractivity contribution in [3.63, 3.8) is 0 Å². The molecule has 7 heteroatoms. The van der Waals surface area contributed by atoms with Gasteiger partial charge in [-0.3, -0.25) is 0 Å². The van der Waals surface area contributed by atoms with E-state index < -0.39 is 11.6 Å². The molecule has 1 unspecified atom stereocenters. The molecule has 0 aliphatic heterocycles. The Balaban J connectivity index is 1.51. The predicted molar refractivity (Wildman–Crippen MR) is 123 cm³/mol. The largest absolute Gasteiger partial charge is 0.366 e. The lowest BCUT2D eigenvalue weighted by molar-refractivity contribution is 0.157. The Bertz CT molecular complexity index is 1310. The van der Waals surface area contributed by atoms with Gasteiger partial charge in [-0.05, 0) is 57.1 Å². The van der Waals surface area contributed by atoms with E-state index >= 15 is 0 Å². The van der Waals surface area contributed by atoms with Crippen molar-refractivity contribution in [3.05, 3.63) is 42.2 Å². The van der Waals surface area contributed by atoms with E-state index in [1.807, 2.05) is 6.20 Å². The van der Waals surface area contributed by atoms with E-state index in [0.717, 1.165) is 28.8 Å². The number of nitrogens with one attached hydrogen (secondary N) is 2. The predicted octanol–water partition coefficient (Wildman–Crippen LogP) is 6.43. The van der Waals surface area contributed by atoms with Crippen LogP contribution in [0.5, 0.6) is 0 Å². The van der Waals surface area contributed by atoms with Gasteiger partial charge >= 0.3 is 0 Å². The highest BCUT2D eigenvalue weighted by Crippen LogP contribution is 2.43. The van der Waals surface area contributed by atoms with Gasteiger partial charge in [0.25, 0.3) is 0 Å². The first-order valence-corrected chi connectivity index (χ1v) is 11.6. The zero-order valence-corrected chi connectivity index (χ0v) is 18.3. The van der Waals surface area contributed by atoms with Crippen molar-refractivity contribution < 1.29 is 8.78 Å². The summed E-state index contributed by atoms with van der Waals surface area (Å²) >= 11 is 0. The third-order valence-corrected chi connectivity index (χ3v) is 7.44. The number of rotatable bonds is 4. The molecule has 3 saturated carbocycles. The maximum Gasteiger partial charge on any atom is 0.166 e. The van der Waals surface area contributed by atoms with E-state index in [4.69, 9.17) is 9.97 Å². The van der Waals surface area contributed by atoms with Crippen LogP contribution in [0.1, 0.15) is 52.0 Å². The number of anilines is 1. The first-order chi connectivity index (χ1) is 15.5. The van der Waals surface area contributed by atoms with Gasteiger partial charge < -0.3 is 14.9 Å². The Morgan fingerprint density at radius 1 is 1.09 bits per heavy atom. The Labute approximate surface area is 185 Å². The second kappa shape index (κ2) is 7.29. The molecule has 0 amide bonds. The zero-order valence-electron chi connectivity index (χ0n) is 18.3. The standard InChI is InChI=1S/C25H27F2N5/c1-13(2)32-8-7-17-23(29-21-9-14-3-5-15(21)6-4-14)30-24(31-25(17)32)19-12-28-22-18(19)10-16(26)11-20(22)27/h7-8,10-15,21,28H,3-6,9H2,1-2H3,(H,29,30,31). The second-order valence-corrected chi connectivity index (χ2v) is 9.73. The highest BCUT2D eigenvalue weighted by atomic mass is 19.1. The molecule has 3 aliphatic carbocycles. The van der Waals surface area contributed by atoms with E-state index in [0.29, 0.717) is 28.7 Å². The van der Waals surface area contributed by atoms with Crippen LogP contribution < -0.4 is 5.32 Å². The monoisotopic (exact) mass is 435 g/mol. The molecule has 2 N–H and O–H groups in total. The number of aromatic nitrogens is 4. The summed E-state index contributed by atoms with van der Waals surface area (Å²) in [6.07, 6.45) is 10.1. The van der Waals surface area contributed by atoms with Gasteiger partial charge in [0, 0.05) is 41.5 Å². The van der Waals surface area contributed by atoms with Gasteiger partial charge in [-0.25, -0.2) is 18.7 Å². The Kier molecular flexibility index (Phi) is 4.49. The molecule has 3 aromatic heterocycles. The van der Waals surface area contributed by atoms with Gasteiger partial charge in [0.2, 0.25) is 0 Å². The molecule has 1 aromatic carbocycles. The first kappa shape index (κ1) is 19.7. The summed E-state index contributed by atoms with van der Waals surface area (Å²) < 4.78 is 30.4. The molecule has 7 rings (SSSR count). The molecule has 3 fully saturated rings. The van der Waals surface area contributed by atoms with E-state index in [2.05, 4.69) is 34.8 Å². The number of hydrogen-bond acceptors (Lipinski definition) is 3. The third kappa shape index (κ3) is 3.09. The van der Waals surface area contributed by atoms with Gasteiger partial charge in [0.05, 0.1) is 10.9 Å². The summed E-state index contributed by atoms with van der Waals surface area (Å²) in [4.78, 5) is 12.7. The van der Waals surface area contributed by atoms with Crippen LogP contribution in [0.2, 0.25) is 0 Å². The number of H-pyrrole nitrogens is 1. The van der Waals surface area contributed by atoms with Crippen molar-refractivity contribution in [1.29, 1.82) is 0 Å². The van der Waals surface area contributed by atoms with Gasteiger partial charge in [0.1, 0.15) is 23.1 Å². The summed E-state index contributed by atoms with van der Waals surface area (Å²) in [6.45, 7) is 4.23. The zero-order chi connectivity index (χ0) is 22.0. The van der Waals surface area contributed by atoms with E-state index in [1.54, 1.807) is 6.20 Å². The maximum absolute atomic E-state index is 14.3. The van der Waals surface area contributed by atoms with Crippen molar-refractivity contribution in [2.45, 2.75) is 58.0 Å². The highest BCUT2D eigenvalue weighted by molar-refractivity contribution is 5.96. The van der Waals surface area contributed by atoms with Crippen LogP contribution in [0, 0.1) is 23.5 Å². The number of hydrogen-bond donors (Lipinski definition) is 2. The fourth-order valence-electron chi connectivity index (χ4n) is 5.75. The van der Waals surface area contributed by atoms with Gasteiger partial charge in [-0.15, -0.1) is 0 Å². The van der Waals surface area contributed by atoms with Crippen molar-refractivity contribution >= 4 is 27.8 Å². The lowest BCUT2D eigenvalue weighted by Gasteiger charge is -2.42. The van der Waals surface area contributed by atoms with Crippen molar-refractivity contribution in [2.24, 2.45) is 11.8 Å². The minimum absolute atomic E-state index is 0.228. The van der Waals surface area contributed by atoms with Gasteiger partial charge in [-0.1, -0.05) is 12.8 Å². The molecule has 4 aromatic rings. The molecule has 3 aliphatic rings. The fraction of sp³-hybridized carbons (Fsp3) is 0.440. The molecule has 0 radical (unpaired) electrons. The van der Waals surface area contributed by atoms with E-state index in [-0.39, 0.29) is 11.6 Å². The highest BCUT2D eigenvalue weighted by Gasteiger charge is 2.36. The average molecular weight is 436 g/mol. The smallest absolute Gasteiger partial charge is 0.166 e. The third-order valence-electron chi connectivity index (χ3n) is 7.44. The summed E-state index contributed by atoms with van der Waals surface area (Å²) in [5, 5.41) is 5.20. The minimum Gasteiger partial charge on any atom is -0.366 e. The molecular formula is C25H27F2N5. The van der Waals surface area contributed by atoms with Crippen molar-refractivity contribution in [2.75, 3.05) is 5.32 Å². The van der Waals surface area contributed by atoms with E-state index in [1.165, 1.54) is 38.2 Å². The molecule has 32 heavy (non-hydrogen) atoms. The fourth-order valence-corrected chi connectivity index (χ4v) is 5.75. The number of halogens is 2. The van der Waals surface area contributed by atoms with Crippen molar-refractivity contribution in [1.82, 2.24) is 19.5 Å². The molecule has 2 bridgehead atoms. The average Bonchev–Trinajstić information content (AvgIpc) is 3.39. The summed E-state index contributed by atoms with van der Waals surface area (Å²) in [5.74, 6) is 1.53. The number of benzene rings is 1. The Hall–Kier alpha value is -2.96. The lowest BCUT2D eigenvalue weighted by Crippen LogP contribution is -2.40. The molecule has 3 heterocycles. The lowest BCUT2D eigenvalue weighted by atomic mass is 9.68. The quantitative estimate of drug-likeness (QED) is 0.388. The minimum atomic E-state index is -0.616. The summed E-state index contributed by atoms with van der Waals surface area (Å²) in [6, 6.07) is 4.94. The topological polar surface area (TPSA) is 58.5 Å². The SMILES string of the molecule is CC(C)n1ccc2c(NC3CC4CCC3CC4)nc(-c3c[nH]c4c(F)cc(F)cc34)nc21. The van der Waals surface area contributed by atoms with Crippen LogP contribution in [0.25, 0.3) is 33.3 Å².